The quantitative estimate of drug-likeness (QED) is 0.666. The molecule has 2 rings (SSSR count). The number of sulfonamides is 1. The van der Waals surface area contributed by atoms with Gasteiger partial charge in [-0.15, -0.1) is 0 Å². The molecule has 0 aliphatic carbocycles. The molecule has 1 aromatic carbocycles. The summed E-state index contributed by atoms with van der Waals surface area (Å²) in [5, 5.41) is 10.9. The molecule has 1 aromatic heterocycles. The highest BCUT2D eigenvalue weighted by Crippen LogP contribution is 2.27. The van der Waals surface area contributed by atoms with Gasteiger partial charge in [0.2, 0.25) is 11.7 Å². The van der Waals surface area contributed by atoms with Crippen molar-refractivity contribution in [2.45, 2.75) is 4.90 Å². The Labute approximate surface area is 120 Å². The average molecular weight is 309 g/mol. The van der Waals surface area contributed by atoms with Gasteiger partial charge in [-0.25, -0.2) is 8.42 Å². The number of anilines is 1. The molecule has 0 atom stereocenters. The SMILES string of the molecule is COc1ccc([N+](=O)[O-])c(NS(=O)(=O)c2ccccc2)n1. The van der Waals surface area contributed by atoms with Crippen LogP contribution in [0.15, 0.2) is 47.4 Å². The molecule has 0 aliphatic rings. The van der Waals surface area contributed by atoms with Gasteiger partial charge >= 0.3 is 5.69 Å². The fraction of sp³-hybridized carbons (Fsp3) is 0.0833. The number of nitrogens with zero attached hydrogens (tertiary/aromatic N) is 2. The van der Waals surface area contributed by atoms with Crippen molar-refractivity contribution in [2.75, 3.05) is 11.8 Å². The van der Waals surface area contributed by atoms with Crippen molar-refractivity contribution in [2.24, 2.45) is 0 Å². The highest BCUT2D eigenvalue weighted by molar-refractivity contribution is 7.92. The first-order valence-corrected chi connectivity index (χ1v) is 7.19. The van der Waals surface area contributed by atoms with E-state index in [-0.39, 0.29) is 10.8 Å². The average Bonchev–Trinajstić information content (AvgIpc) is 2.47. The van der Waals surface area contributed by atoms with Crippen LogP contribution in [0.25, 0.3) is 0 Å². The van der Waals surface area contributed by atoms with Gasteiger partial charge in [0.05, 0.1) is 16.9 Å². The predicted octanol–water partition coefficient (Wildman–Crippen LogP) is 1.80. The third-order valence-electron chi connectivity index (χ3n) is 2.54. The molecule has 2 aromatic rings. The summed E-state index contributed by atoms with van der Waals surface area (Å²) in [6.45, 7) is 0. The van der Waals surface area contributed by atoms with Crippen LogP contribution in [-0.4, -0.2) is 25.4 Å². The highest BCUT2D eigenvalue weighted by atomic mass is 32.2. The summed E-state index contributed by atoms with van der Waals surface area (Å²) in [5.41, 5.74) is -0.463. The molecular weight excluding hydrogens is 298 g/mol. The van der Waals surface area contributed by atoms with E-state index in [0.29, 0.717) is 0 Å². The molecule has 9 heteroatoms. The van der Waals surface area contributed by atoms with Crippen molar-refractivity contribution >= 4 is 21.5 Å². The number of hydrogen-bond donors (Lipinski definition) is 1. The minimum Gasteiger partial charge on any atom is -0.481 e. The molecule has 0 saturated carbocycles. The van der Waals surface area contributed by atoms with Crippen molar-refractivity contribution in [1.29, 1.82) is 0 Å². The third-order valence-corrected chi connectivity index (χ3v) is 3.89. The summed E-state index contributed by atoms with van der Waals surface area (Å²) in [4.78, 5) is 14.0. The molecule has 0 saturated heterocycles. The predicted molar refractivity (Wildman–Crippen MR) is 74.7 cm³/mol. The van der Waals surface area contributed by atoms with Crippen LogP contribution in [-0.2, 0) is 10.0 Å². The molecule has 8 nitrogen and oxygen atoms in total. The van der Waals surface area contributed by atoms with Crippen molar-refractivity contribution in [3.8, 4) is 5.88 Å². The first-order chi connectivity index (χ1) is 9.94. The molecule has 1 N–H and O–H groups in total. The molecule has 0 amide bonds. The molecule has 110 valence electrons. The molecule has 1 heterocycles. The molecule has 21 heavy (non-hydrogen) atoms. The fourth-order valence-corrected chi connectivity index (χ4v) is 2.59. The summed E-state index contributed by atoms with van der Waals surface area (Å²) < 4.78 is 31.3. The maximum absolute atomic E-state index is 12.2. The summed E-state index contributed by atoms with van der Waals surface area (Å²) in [6.07, 6.45) is 0. The summed E-state index contributed by atoms with van der Waals surface area (Å²) in [6, 6.07) is 9.88. The van der Waals surface area contributed by atoms with E-state index in [1.807, 2.05) is 0 Å². The zero-order valence-electron chi connectivity index (χ0n) is 10.9. The van der Waals surface area contributed by atoms with Crippen LogP contribution in [0.4, 0.5) is 11.5 Å². The number of methoxy groups -OCH3 is 1. The maximum Gasteiger partial charge on any atom is 0.312 e. The van der Waals surface area contributed by atoms with Gasteiger partial charge in [0.25, 0.3) is 10.0 Å². The van der Waals surface area contributed by atoms with E-state index in [4.69, 9.17) is 4.74 Å². The monoisotopic (exact) mass is 309 g/mol. The minimum atomic E-state index is -3.97. The van der Waals surface area contributed by atoms with Crippen molar-refractivity contribution < 1.29 is 18.1 Å². The molecular formula is C12H11N3O5S. The van der Waals surface area contributed by atoms with Crippen LogP contribution in [0.5, 0.6) is 5.88 Å². The number of nitrogens with one attached hydrogen (secondary N) is 1. The van der Waals surface area contributed by atoms with E-state index in [9.17, 15) is 18.5 Å². The van der Waals surface area contributed by atoms with Gasteiger partial charge < -0.3 is 4.74 Å². The van der Waals surface area contributed by atoms with Gasteiger partial charge in [-0.1, -0.05) is 18.2 Å². The summed E-state index contributed by atoms with van der Waals surface area (Å²) in [5.74, 6) is -0.338. The minimum absolute atomic E-state index is 0.0242. The second-order valence-corrected chi connectivity index (χ2v) is 5.58. The number of ether oxygens (including phenoxy) is 1. The lowest BCUT2D eigenvalue weighted by atomic mass is 10.4. The fourth-order valence-electron chi connectivity index (χ4n) is 1.56. The van der Waals surface area contributed by atoms with E-state index < -0.39 is 26.5 Å². The Bertz CT molecular complexity index is 762. The van der Waals surface area contributed by atoms with Crippen molar-refractivity contribution in [3.63, 3.8) is 0 Å². The largest absolute Gasteiger partial charge is 0.481 e. The standard InChI is InChI=1S/C12H11N3O5S/c1-20-11-8-7-10(15(16)17)12(13-11)14-21(18,19)9-5-3-2-4-6-9/h2-8H,1H3,(H,13,14). The van der Waals surface area contributed by atoms with Gasteiger partial charge in [-0.2, -0.15) is 4.98 Å². The van der Waals surface area contributed by atoms with Gasteiger partial charge in [0.1, 0.15) is 0 Å². The van der Waals surface area contributed by atoms with E-state index in [2.05, 4.69) is 9.71 Å². The number of benzene rings is 1. The normalized spacial score (nSPS) is 10.9. The Morgan fingerprint density at radius 2 is 1.86 bits per heavy atom. The van der Waals surface area contributed by atoms with Crippen LogP contribution in [0.2, 0.25) is 0 Å². The van der Waals surface area contributed by atoms with Crippen LogP contribution in [0.3, 0.4) is 0 Å². The van der Waals surface area contributed by atoms with E-state index >= 15 is 0 Å². The number of pyridine rings is 1. The molecule has 0 bridgehead atoms. The Kier molecular flexibility index (Phi) is 4.03. The molecule has 0 unspecified atom stereocenters. The number of hydrogen-bond acceptors (Lipinski definition) is 6. The highest BCUT2D eigenvalue weighted by Gasteiger charge is 2.22. The molecule has 0 aliphatic heterocycles. The number of rotatable bonds is 5. The first-order valence-electron chi connectivity index (χ1n) is 5.71. The van der Waals surface area contributed by atoms with Gasteiger partial charge in [0.15, 0.2) is 0 Å². The van der Waals surface area contributed by atoms with Crippen LogP contribution in [0.1, 0.15) is 0 Å². The lowest BCUT2D eigenvalue weighted by Crippen LogP contribution is -2.15. The van der Waals surface area contributed by atoms with E-state index in [1.165, 1.54) is 25.3 Å². The van der Waals surface area contributed by atoms with Gasteiger partial charge in [-0.3, -0.25) is 14.8 Å². The molecule has 0 radical (unpaired) electrons. The van der Waals surface area contributed by atoms with Crippen LogP contribution >= 0.6 is 0 Å². The summed E-state index contributed by atoms with van der Waals surface area (Å²) >= 11 is 0. The maximum atomic E-state index is 12.2. The van der Waals surface area contributed by atoms with Crippen LogP contribution < -0.4 is 9.46 Å². The Hall–Kier alpha value is -2.68. The number of aromatic nitrogens is 1. The zero-order chi connectivity index (χ0) is 15.5. The Morgan fingerprint density at radius 1 is 1.19 bits per heavy atom. The van der Waals surface area contributed by atoms with Crippen molar-refractivity contribution in [1.82, 2.24) is 4.98 Å². The molecule has 0 fully saturated rings. The van der Waals surface area contributed by atoms with Crippen LogP contribution in [0, 0.1) is 10.1 Å². The Morgan fingerprint density at radius 3 is 2.43 bits per heavy atom. The lowest BCUT2D eigenvalue weighted by molar-refractivity contribution is -0.384. The second kappa shape index (κ2) is 5.75. The van der Waals surface area contributed by atoms with Crippen molar-refractivity contribution in [3.05, 3.63) is 52.6 Å². The topological polar surface area (TPSA) is 111 Å². The van der Waals surface area contributed by atoms with Gasteiger partial charge in [0, 0.05) is 12.1 Å². The van der Waals surface area contributed by atoms with E-state index in [1.54, 1.807) is 18.2 Å². The third kappa shape index (κ3) is 3.26. The number of nitro groups is 1. The Balaban J connectivity index is 2.45. The summed E-state index contributed by atoms with van der Waals surface area (Å²) in [7, 11) is -2.64. The van der Waals surface area contributed by atoms with Gasteiger partial charge in [-0.05, 0) is 12.1 Å². The first kappa shape index (κ1) is 14.7. The zero-order valence-corrected chi connectivity index (χ0v) is 11.7. The lowest BCUT2D eigenvalue weighted by Gasteiger charge is -2.08. The van der Waals surface area contributed by atoms with E-state index in [0.717, 1.165) is 6.07 Å². The molecule has 0 spiro atoms. The smallest absolute Gasteiger partial charge is 0.312 e. The second-order valence-electron chi connectivity index (χ2n) is 3.90.